The molecule has 2 heteroatoms. The molecule has 2 aromatic carbocycles. The summed E-state index contributed by atoms with van der Waals surface area (Å²) in [6, 6.07) is 17.3. The number of carbonyl (C=O) groups is 1. The summed E-state index contributed by atoms with van der Waals surface area (Å²) in [4.78, 5) is 10.6. The molecule has 0 fully saturated rings. The molecule has 0 saturated heterocycles. The van der Waals surface area contributed by atoms with Crippen LogP contribution in [-0.4, -0.2) is 11.1 Å². The average molecular weight is 270 g/mol. The van der Waals surface area contributed by atoms with Gasteiger partial charge in [0.2, 0.25) is 0 Å². The summed E-state index contributed by atoms with van der Waals surface area (Å²) in [5.74, 6) is -0.875. The van der Waals surface area contributed by atoms with E-state index in [1.54, 1.807) is 12.1 Å². The van der Waals surface area contributed by atoms with Gasteiger partial charge in [-0.3, -0.25) is 0 Å². The van der Waals surface area contributed by atoms with E-state index in [-0.39, 0.29) is 5.41 Å². The zero-order chi connectivity index (χ0) is 15.2. The maximum Gasteiger partial charge on any atom is 0.335 e. The van der Waals surface area contributed by atoms with Crippen LogP contribution in [0.5, 0.6) is 0 Å². The molecule has 0 saturated carbocycles. The van der Waals surface area contributed by atoms with E-state index in [1.807, 2.05) is 30.3 Å². The Hall–Kier alpha value is -2.09. The van der Waals surface area contributed by atoms with E-state index < -0.39 is 5.97 Å². The van der Waals surface area contributed by atoms with Gasteiger partial charge in [-0.15, -0.1) is 0 Å². The molecule has 2 nitrogen and oxygen atoms in total. The van der Waals surface area contributed by atoms with Gasteiger partial charge < -0.3 is 5.11 Å². The summed E-state index contributed by atoms with van der Waals surface area (Å²) in [6.07, 6.45) is 0. The molecule has 0 spiro atoms. The van der Waals surface area contributed by atoms with Crippen molar-refractivity contribution in [2.75, 3.05) is 0 Å². The Kier molecular flexibility index (Phi) is 5.51. The number of hydrogen-bond acceptors (Lipinski definition) is 1. The minimum atomic E-state index is -0.875. The molecule has 0 aliphatic carbocycles. The first-order valence-electron chi connectivity index (χ1n) is 6.66. The van der Waals surface area contributed by atoms with Gasteiger partial charge in [0.05, 0.1) is 5.56 Å². The Morgan fingerprint density at radius 2 is 1.40 bits per heavy atom. The Balaban J connectivity index is 0.000000240. The molecule has 0 radical (unpaired) electrons. The first-order chi connectivity index (χ1) is 9.30. The van der Waals surface area contributed by atoms with Crippen molar-refractivity contribution >= 4 is 5.97 Å². The molecule has 20 heavy (non-hydrogen) atoms. The van der Waals surface area contributed by atoms with Crippen molar-refractivity contribution in [3.05, 3.63) is 71.3 Å². The number of aryl methyl sites for hydroxylation is 1. The van der Waals surface area contributed by atoms with Crippen molar-refractivity contribution in [1.82, 2.24) is 0 Å². The second-order valence-corrected chi connectivity index (χ2v) is 5.79. The second kappa shape index (κ2) is 6.90. The molecule has 0 heterocycles. The van der Waals surface area contributed by atoms with Gasteiger partial charge in [-0.2, -0.15) is 0 Å². The normalized spacial score (nSPS) is 10.4. The smallest absolute Gasteiger partial charge is 0.335 e. The second-order valence-electron chi connectivity index (χ2n) is 5.79. The number of carboxylic acid groups (broad SMARTS) is 1. The van der Waals surface area contributed by atoms with Gasteiger partial charge in [0, 0.05) is 0 Å². The lowest BCUT2D eigenvalue weighted by Gasteiger charge is -2.18. The highest BCUT2D eigenvalue weighted by Gasteiger charge is 2.13. The molecule has 0 amide bonds. The van der Waals surface area contributed by atoms with E-state index in [0.29, 0.717) is 5.56 Å². The lowest BCUT2D eigenvalue weighted by atomic mass is 9.87. The molecule has 106 valence electrons. The Morgan fingerprint density at radius 3 is 1.70 bits per heavy atom. The molecule has 0 unspecified atom stereocenters. The van der Waals surface area contributed by atoms with Gasteiger partial charge in [-0.05, 0) is 30.0 Å². The van der Waals surface area contributed by atoms with E-state index in [4.69, 9.17) is 5.11 Å². The highest BCUT2D eigenvalue weighted by Crippen LogP contribution is 2.21. The van der Waals surface area contributed by atoms with Gasteiger partial charge >= 0.3 is 5.97 Å². The average Bonchev–Trinajstić information content (AvgIpc) is 2.39. The predicted molar refractivity (Wildman–Crippen MR) is 83.3 cm³/mol. The number of rotatable bonds is 1. The van der Waals surface area contributed by atoms with Crippen molar-refractivity contribution < 1.29 is 9.90 Å². The third kappa shape index (κ3) is 5.27. The Labute approximate surface area is 121 Å². The molecule has 0 aliphatic rings. The lowest BCUT2D eigenvalue weighted by Crippen LogP contribution is -2.11. The topological polar surface area (TPSA) is 37.3 Å². The first kappa shape index (κ1) is 16.0. The molecule has 1 N–H and O–H groups in total. The van der Waals surface area contributed by atoms with E-state index in [0.717, 1.165) is 5.56 Å². The van der Waals surface area contributed by atoms with Crippen LogP contribution in [0.1, 0.15) is 42.3 Å². The third-order valence-corrected chi connectivity index (χ3v) is 2.94. The van der Waals surface area contributed by atoms with Crippen LogP contribution in [0, 0.1) is 6.92 Å². The molecule has 2 rings (SSSR count). The summed E-state index contributed by atoms with van der Waals surface area (Å²) in [6.45, 7) is 8.38. The van der Waals surface area contributed by atoms with Gasteiger partial charge in [0.25, 0.3) is 0 Å². The molecule has 0 atom stereocenters. The fourth-order valence-corrected chi connectivity index (χ4v) is 1.65. The number of aromatic carboxylic acids is 1. The summed E-state index contributed by atoms with van der Waals surface area (Å²) < 4.78 is 0. The molecule has 0 aliphatic heterocycles. The summed E-state index contributed by atoms with van der Waals surface area (Å²) >= 11 is 0. The van der Waals surface area contributed by atoms with Crippen molar-refractivity contribution in [2.45, 2.75) is 33.1 Å². The SMILES string of the molecule is CC(C)(C)c1ccc(C(=O)O)cc1.Cc1ccccc1. The van der Waals surface area contributed by atoms with Gasteiger partial charge in [0.15, 0.2) is 0 Å². The van der Waals surface area contributed by atoms with Crippen LogP contribution in [-0.2, 0) is 5.41 Å². The van der Waals surface area contributed by atoms with Gasteiger partial charge in [0.1, 0.15) is 0 Å². The fourth-order valence-electron chi connectivity index (χ4n) is 1.65. The van der Waals surface area contributed by atoms with Crippen molar-refractivity contribution in [1.29, 1.82) is 0 Å². The first-order valence-corrected chi connectivity index (χ1v) is 6.66. The van der Waals surface area contributed by atoms with Crippen LogP contribution in [0.3, 0.4) is 0 Å². The third-order valence-electron chi connectivity index (χ3n) is 2.94. The summed E-state index contributed by atoms with van der Waals surface area (Å²) in [5.41, 5.74) is 2.89. The monoisotopic (exact) mass is 270 g/mol. The van der Waals surface area contributed by atoms with Crippen LogP contribution in [0.15, 0.2) is 54.6 Å². The molecule has 0 aromatic heterocycles. The quantitative estimate of drug-likeness (QED) is 0.817. The Morgan fingerprint density at radius 1 is 0.900 bits per heavy atom. The molecular formula is C18H22O2. The van der Waals surface area contributed by atoms with Crippen LogP contribution in [0.4, 0.5) is 0 Å². The van der Waals surface area contributed by atoms with E-state index >= 15 is 0 Å². The van der Waals surface area contributed by atoms with Crippen LogP contribution < -0.4 is 0 Å². The highest BCUT2D eigenvalue weighted by atomic mass is 16.4. The standard InChI is InChI=1S/C11H14O2.C7H8/c1-11(2,3)9-6-4-8(5-7-9)10(12)13;1-7-5-3-2-4-6-7/h4-7H,1-3H3,(H,12,13);2-6H,1H3. The van der Waals surface area contributed by atoms with E-state index in [9.17, 15) is 4.79 Å². The van der Waals surface area contributed by atoms with Crippen LogP contribution in [0.2, 0.25) is 0 Å². The number of carboxylic acids is 1. The Bertz CT molecular complexity index is 534. The number of benzene rings is 2. The summed E-state index contributed by atoms with van der Waals surface area (Å²) in [5, 5.41) is 8.68. The summed E-state index contributed by atoms with van der Waals surface area (Å²) in [7, 11) is 0. The zero-order valence-electron chi connectivity index (χ0n) is 12.6. The maximum atomic E-state index is 10.6. The van der Waals surface area contributed by atoms with Gasteiger partial charge in [-0.25, -0.2) is 4.79 Å². The molecular weight excluding hydrogens is 248 g/mol. The highest BCUT2D eigenvalue weighted by molar-refractivity contribution is 5.87. The van der Waals surface area contributed by atoms with Crippen LogP contribution >= 0.6 is 0 Å². The van der Waals surface area contributed by atoms with Crippen molar-refractivity contribution in [2.24, 2.45) is 0 Å². The zero-order valence-corrected chi connectivity index (χ0v) is 12.6. The maximum absolute atomic E-state index is 10.6. The predicted octanol–water partition coefficient (Wildman–Crippen LogP) is 4.68. The van der Waals surface area contributed by atoms with Crippen molar-refractivity contribution in [3.8, 4) is 0 Å². The number of hydrogen-bond donors (Lipinski definition) is 1. The van der Waals surface area contributed by atoms with Gasteiger partial charge in [-0.1, -0.05) is 68.8 Å². The van der Waals surface area contributed by atoms with E-state index in [1.165, 1.54) is 5.56 Å². The lowest BCUT2D eigenvalue weighted by molar-refractivity contribution is 0.0697. The van der Waals surface area contributed by atoms with Crippen molar-refractivity contribution in [3.63, 3.8) is 0 Å². The minimum absolute atomic E-state index is 0.0804. The van der Waals surface area contributed by atoms with Crippen LogP contribution in [0.25, 0.3) is 0 Å². The fraction of sp³-hybridized carbons (Fsp3) is 0.278. The minimum Gasteiger partial charge on any atom is -0.478 e. The molecule has 2 aromatic rings. The molecule has 0 bridgehead atoms. The largest absolute Gasteiger partial charge is 0.478 e. The van der Waals surface area contributed by atoms with E-state index in [2.05, 4.69) is 39.8 Å².